The average molecular weight is 507 g/mol. The minimum absolute atomic E-state index is 0.0366. The van der Waals surface area contributed by atoms with Crippen LogP contribution in [0.1, 0.15) is 26.4 Å². The summed E-state index contributed by atoms with van der Waals surface area (Å²) in [6, 6.07) is 7.61. The number of aryl methyl sites for hydroxylation is 3. The van der Waals surface area contributed by atoms with Crippen LogP contribution in [0.5, 0.6) is 0 Å². The predicted molar refractivity (Wildman–Crippen MR) is 138 cm³/mol. The second kappa shape index (κ2) is 9.69. The number of hydrogen-bond donors (Lipinski definition) is 2. The minimum atomic E-state index is -0.610. The molecule has 0 radical (unpaired) electrons. The fourth-order valence-electron chi connectivity index (χ4n) is 4.37. The molecule has 5 rings (SSSR count). The molecule has 4 heterocycles. The van der Waals surface area contributed by atoms with E-state index >= 15 is 4.39 Å². The molecule has 186 valence electrons. The first-order valence-electron chi connectivity index (χ1n) is 11.7. The van der Waals surface area contributed by atoms with Crippen molar-refractivity contribution in [2.24, 2.45) is 13.0 Å². The summed E-state index contributed by atoms with van der Waals surface area (Å²) in [5.74, 6) is -0.828. The molecule has 0 atom stereocenters. The highest BCUT2D eigenvalue weighted by molar-refractivity contribution is 7.09. The van der Waals surface area contributed by atoms with E-state index in [1.165, 1.54) is 11.2 Å². The van der Waals surface area contributed by atoms with Gasteiger partial charge in [-0.15, -0.1) is 11.3 Å². The number of hydrogen-bond acceptors (Lipinski definition) is 6. The van der Waals surface area contributed by atoms with Crippen LogP contribution >= 0.6 is 11.3 Å². The number of carbonyl (C=O) groups is 2. The molecule has 36 heavy (non-hydrogen) atoms. The number of fused-ring (bicyclic) bond motifs is 1. The first-order valence-corrected chi connectivity index (χ1v) is 12.6. The molecule has 10 heteroatoms. The summed E-state index contributed by atoms with van der Waals surface area (Å²) in [5, 5.41) is 8.00. The summed E-state index contributed by atoms with van der Waals surface area (Å²) in [4.78, 5) is 37.3. The van der Waals surface area contributed by atoms with E-state index in [1.807, 2.05) is 37.4 Å². The number of thiophene rings is 1. The summed E-state index contributed by atoms with van der Waals surface area (Å²) in [6.07, 6.45) is 3.98. The number of anilines is 2. The number of rotatable bonds is 7. The predicted octanol–water partition coefficient (Wildman–Crippen LogP) is 3.96. The van der Waals surface area contributed by atoms with Crippen LogP contribution in [0, 0.1) is 25.6 Å². The molecular formula is C26H27FN6O2S. The molecule has 0 unspecified atom stereocenters. The van der Waals surface area contributed by atoms with Crippen molar-refractivity contribution >= 4 is 45.7 Å². The molecule has 1 aliphatic heterocycles. The van der Waals surface area contributed by atoms with Crippen LogP contribution in [0.25, 0.3) is 11.0 Å². The van der Waals surface area contributed by atoms with Gasteiger partial charge >= 0.3 is 0 Å². The van der Waals surface area contributed by atoms with Gasteiger partial charge in [0.1, 0.15) is 11.3 Å². The fraction of sp³-hybridized carbons (Fsp3) is 0.308. The SMILES string of the molecule is Cc1cnc(Nc2c(C(=O)N3CC(C(=O)NCCc4cccs4)C3)cc3c(ncn3C)c2F)c(C)c1. The summed E-state index contributed by atoms with van der Waals surface area (Å²) in [7, 11) is 1.75. The maximum absolute atomic E-state index is 15.6. The van der Waals surface area contributed by atoms with E-state index in [4.69, 9.17) is 0 Å². The van der Waals surface area contributed by atoms with E-state index in [9.17, 15) is 9.59 Å². The van der Waals surface area contributed by atoms with E-state index in [-0.39, 0.29) is 47.6 Å². The fourth-order valence-corrected chi connectivity index (χ4v) is 5.08. The van der Waals surface area contributed by atoms with Crippen molar-refractivity contribution in [2.45, 2.75) is 20.3 Å². The van der Waals surface area contributed by atoms with Crippen LogP contribution in [0.15, 0.2) is 42.2 Å². The Bertz CT molecular complexity index is 1440. The quantitative estimate of drug-likeness (QED) is 0.396. The molecular weight excluding hydrogens is 479 g/mol. The molecule has 2 N–H and O–H groups in total. The van der Waals surface area contributed by atoms with Gasteiger partial charge in [0.25, 0.3) is 5.91 Å². The Morgan fingerprint density at radius 1 is 1.22 bits per heavy atom. The number of carbonyl (C=O) groups excluding carboxylic acids is 2. The van der Waals surface area contributed by atoms with E-state index in [2.05, 4.69) is 20.6 Å². The lowest BCUT2D eigenvalue weighted by atomic mass is 9.97. The summed E-state index contributed by atoms with van der Waals surface area (Å²) >= 11 is 1.66. The molecule has 4 aromatic rings. The Labute approximate surface area is 212 Å². The van der Waals surface area contributed by atoms with Crippen LogP contribution in [-0.4, -0.2) is 50.9 Å². The van der Waals surface area contributed by atoms with E-state index in [0.29, 0.717) is 17.9 Å². The van der Waals surface area contributed by atoms with Crippen LogP contribution < -0.4 is 10.6 Å². The number of nitrogens with zero attached hydrogens (tertiary/aromatic N) is 4. The summed E-state index contributed by atoms with van der Waals surface area (Å²) in [5.41, 5.74) is 2.72. The Hall–Kier alpha value is -3.79. The normalized spacial score (nSPS) is 13.6. The number of imidazole rings is 1. The van der Waals surface area contributed by atoms with Crippen molar-refractivity contribution in [3.05, 3.63) is 69.6 Å². The lowest BCUT2D eigenvalue weighted by molar-refractivity contribution is -0.128. The Kier molecular flexibility index (Phi) is 6.44. The molecule has 1 aliphatic rings. The standard InChI is InChI=1S/C26H27FN6O2S/c1-15-9-16(2)24(29-11-15)31-22-19(10-20-23(21(22)27)30-14-32(20)3)26(35)33-12-17(13-33)25(34)28-7-6-18-5-4-8-36-18/h4-5,8-11,14,17H,6-7,12-13H2,1-3H3,(H,28,34)(H,29,31). The molecule has 3 aromatic heterocycles. The van der Waals surface area contributed by atoms with Crippen LogP contribution in [0.4, 0.5) is 15.9 Å². The number of halogens is 1. The largest absolute Gasteiger partial charge is 0.355 e. The molecule has 1 saturated heterocycles. The zero-order chi connectivity index (χ0) is 25.4. The Morgan fingerprint density at radius 3 is 2.75 bits per heavy atom. The van der Waals surface area contributed by atoms with E-state index in [1.54, 1.807) is 40.1 Å². The third kappa shape index (κ3) is 4.56. The second-order valence-electron chi connectivity index (χ2n) is 9.17. The minimum Gasteiger partial charge on any atom is -0.355 e. The van der Waals surface area contributed by atoms with Gasteiger partial charge in [-0.3, -0.25) is 9.59 Å². The molecule has 1 aromatic carbocycles. The van der Waals surface area contributed by atoms with Gasteiger partial charge in [0.2, 0.25) is 5.91 Å². The van der Waals surface area contributed by atoms with Crippen molar-refractivity contribution in [1.29, 1.82) is 0 Å². The first kappa shape index (κ1) is 23.9. The highest BCUT2D eigenvalue weighted by Crippen LogP contribution is 2.33. The van der Waals surface area contributed by atoms with Gasteiger partial charge in [-0.1, -0.05) is 12.1 Å². The molecule has 0 aliphatic carbocycles. The van der Waals surface area contributed by atoms with E-state index in [0.717, 1.165) is 17.5 Å². The van der Waals surface area contributed by atoms with Gasteiger partial charge in [-0.25, -0.2) is 14.4 Å². The molecule has 0 saturated carbocycles. The molecule has 0 spiro atoms. The van der Waals surface area contributed by atoms with Crippen molar-refractivity contribution in [2.75, 3.05) is 25.0 Å². The zero-order valence-electron chi connectivity index (χ0n) is 20.3. The molecule has 8 nitrogen and oxygen atoms in total. The van der Waals surface area contributed by atoms with Crippen molar-refractivity contribution in [3.63, 3.8) is 0 Å². The third-order valence-corrected chi connectivity index (χ3v) is 7.38. The van der Waals surface area contributed by atoms with Gasteiger partial charge in [-0.05, 0) is 48.9 Å². The van der Waals surface area contributed by atoms with Crippen LogP contribution in [0.3, 0.4) is 0 Å². The summed E-state index contributed by atoms with van der Waals surface area (Å²) in [6.45, 7) is 4.94. The van der Waals surface area contributed by atoms with Gasteiger partial charge in [0, 0.05) is 37.8 Å². The molecule has 0 bridgehead atoms. The summed E-state index contributed by atoms with van der Waals surface area (Å²) < 4.78 is 17.3. The maximum Gasteiger partial charge on any atom is 0.256 e. The van der Waals surface area contributed by atoms with Gasteiger partial charge < -0.3 is 20.1 Å². The zero-order valence-corrected chi connectivity index (χ0v) is 21.2. The lowest BCUT2D eigenvalue weighted by Crippen LogP contribution is -2.56. The van der Waals surface area contributed by atoms with Gasteiger partial charge in [0.05, 0.1) is 29.0 Å². The Balaban J connectivity index is 1.34. The average Bonchev–Trinajstić information content (AvgIpc) is 3.46. The first-order chi connectivity index (χ1) is 17.3. The van der Waals surface area contributed by atoms with Gasteiger partial charge in [-0.2, -0.15) is 0 Å². The smallest absolute Gasteiger partial charge is 0.256 e. The number of amides is 2. The molecule has 1 fully saturated rings. The van der Waals surface area contributed by atoms with Crippen LogP contribution in [-0.2, 0) is 18.3 Å². The number of aromatic nitrogens is 3. The number of nitrogens with one attached hydrogen (secondary N) is 2. The monoisotopic (exact) mass is 506 g/mol. The Morgan fingerprint density at radius 2 is 2.03 bits per heavy atom. The second-order valence-corrected chi connectivity index (χ2v) is 10.2. The number of benzene rings is 1. The topological polar surface area (TPSA) is 92.2 Å². The van der Waals surface area contributed by atoms with Gasteiger partial charge in [0.15, 0.2) is 5.82 Å². The van der Waals surface area contributed by atoms with Crippen LogP contribution in [0.2, 0.25) is 0 Å². The lowest BCUT2D eigenvalue weighted by Gasteiger charge is -2.38. The number of likely N-dealkylation sites (tertiary alicyclic amines) is 1. The van der Waals surface area contributed by atoms with Crippen molar-refractivity contribution in [3.8, 4) is 0 Å². The highest BCUT2D eigenvalue weighted by Gasteiger charge is 2.37. The molecule has 2 amide bonds. The maximum atomic E-state index is 15.6. The number of pyridine rings is 1. The van der Waals surface area contributed by atoms with Crippen molar-refractivity contribution < 1.29 is 14.0 Å². The van der Waals surface area contributed by atoms with E-state index < -0.39 is 5.82 Å². The third-order valence-electron chi connectivity index (χ3n) is 6.44. The highest BCUT2D eigenvalue weighted by atomic mass is 32.1. The van der Waals surface area contributed by atoms with Crippen molar-refractivity contribution in [1.82, 2.24) is 24.8 Å².